The molecular weight excluding hydrogens is 628 g/mol. The number of nitrogens with zero attached hydrogens (tertiary/aromatic N) is 4. The summed E-state index contributed by atoms with van der Waals surface area (Å²) >= 11 is 6.83. The Morgan fingerprint density at radius 1 is 1.25 bits per heavy atom. The van der Waals surface area contributed by atoms with Crippen LogP contribution in [0, 0.1) is 11.7 Å². The summed E-state index contributed by atoms with van der Waals surface area (Å²) in [6.45, 7) is 13.8. The van der Waals surface area contributed by atoms with Gasteiger partial charge >= 0.3 is 6.09 Å². The Hall–Kier alpha value is -2.87. The van der Waals surface area contributed by atoms with Gasteiger partial charge < -0.3 is 15.2 Å². The fraction of sp³-hybridized carbons (Fsp3) is 0.500. The Morgan fingerprint density at radius 2 is 1.95 bits per heavy atom. The van der Waals surface area contributed by atoms with Crippen molar-refractivity contribution in [3.63, 3.8) is 0 Å². The number of ether oxygens (including phenoxy) is 2. The van der Waals surface area contributed by atoms with E-state index in [4.69, 9.17) is 31.8 Å². The highest BCUT2D eigenvalue weighted by Crippen LogP contribution is 2.66. The molecule has 1 aromatic carbocycles. The predicted octanol–water partition coefficient (Wildman–Crippen LogP) is 6.85. The number of carbonyl (C=O) groups excluding carboxylic acids is 2. The van der Waals surface area contributed by atoms with E-state index in [1.54, 1.807) is 27.7 Å². The first-order valence-corrected chi connectivity index (χ1v) is 19.1. The smallest absolute Gasteiger partial charge is 0.418 e. The lowest BCUT2D eigenvalue weighted by atomic mass is 9.84. The summed E-state index contributed by atoms with van der Waals surface area (Å²) in [5, 5.41) is 0.247. The third-order valence-corrected chi connectivity index (χ3v) is 10.8. The number of hydrogen-bond donors (Lipinski definition) is 1. The molecule has 14 heteroatoms. The summed E-state index contributed by atoms with van der Waals surface area (Å²) in [7, 11) is -1.42. The first-order valence-electron chi connectivity index (χ1n) is 14.2. The Kier molecular flexibility index (Phi) is 9.66. The molecule has 3 atom stereocenters. The van der Waals surface area contributed by atoms with Gasteiger partial charge in [-0.15, -0.1) is 0 Å². The Labute approximate surface area is 266 Å². The van der Waals surface area contributed by atoms with Gasteiger partial charge in [-0.25, -0.2) is 28.4 Å². The van der Waals surface area contributed by atoms with E-state index in [0.717, 1.165) is 17.8 Å². The zero-order chi connectivity index (χ0) is 32.7. The maximum absolute atomic E-state index is 15.6. The van der Waals surface area contributed by atoms with Crippen LogP contribution in [0.5, 0.6) is 0 Å². The van der Waals surface area contributed by atoms with Gasteiger partial charge in [-0.3, -0.25) is 9.79 Å². The molecule has 2 N–H and O–H groups in total. The monoisotopic (exact) mass is 665 g/mol. The number of benzene rings is 1. The van der Waals surface area contributed by atoms with Crippen molar-refractivity contribution >= 4 is 60.5 Å². The van der Waals surface area contributed by atoms with E-state index in [-0.39, 0.29) is 28.3 Å². The number of primary amides is 1. The molecule has 1 saturated carbocycles. The number of fused-ring (bicyclic) bond motifs is 1. The Bertz CT molecular complexity index is 1500. The molecule has 2 aromatic rings. The van der Waals surface area contributed by atoms with Gasteiger partial charge in [-0.2, -0.15) is 0 Å². The Balaban J connectivity index is 1.76. The van der Waals surface area contributed by atoms with Crippen LogP contribution in [0.25, 0.3) is 11.9 Å². The number of rotatable bonds is 9. The average molecular weight is 666 g/mol. The molecule has 2 heterocycles. The largest absolute Gasteiger partial charge is 0.443 e. The highest BCUT2D eigenvalue weighted by molar-refractivity contribution is 8.16. The van der Waals surface area contributed by atoms with Crippen molar-refractivity contribution in [3.05, 3.63) is 58.4 Å². The molecular formula is C30H38ClF2N5O4SSi. The molecule has 2 amide bonds. The van der Waals surface area contributed by atoms with Gasteiger partial charge in [0.25, 0.3) is 0 Å². The van der Waals surface area contributed by atoms with E-state index in [1.165, 1.54) is 41.6 Å². The molecule has 9 nitrogen and oxygen atoms in total. The van der Waals surface area contributed by atoms with Gasteiger partial charge in [0.05, 0.1) is 17.9 Å². The molecule has 0 bridgehead atoms. The molecule has 0 spiro atoms. The predicted molar refractivity (Wildman–Crippen MR) is 172 cm³/mol. The Morgan fingerprint density at radius 3 is 2.55 bits per heavy atom. The SMILES string of the molecule is CC(C)(C)OC(=O)N(COCC[Si](C)(C)C)C1=N[C@](C)(c2cc(/C=C(\F)c3cnc(Cl)cn3)ccc2F)C2C[C@]2(C(N)=O)S1. The summed E-state index contributed by atoms with van der Waals surface area (Å²) in [5.41, 5.74) is 4.15. The number of aliphatic imine (C=N–C) groups is 1. The van der Waals surface area contributed by atoms with E-state index < -0.39 is 53.5 Å². The number of carbonyl (C=O) groups is 2. The quantitative estimate of drug-likeness (QED) is 0.177. The summed E-state index contributed by atoms with van der Waals surface area (Å²) in [5.74, 6) is -2.38. The zero-order valence-corrected chi connectivity index (χ0v) is 28.5. The van der Waals surface area contributed by atoms with Crippen LogP contribution in [0.2, 0.25) is 30.8 Å². The second-order valence-corrected chi connectivity index (χ2v) is 20.7. The molecule has 4 rings (SSSR count). The summed E-state index contributed by atoms with van der Waals surface area (Å²) < 4.78 is 41.1. The molecule has 238 valence electrons. The molecule has 1 fully saturated rings. The lowest BCUT2D eigenvalue weighted by Gasteiger charge is -2.37. The van der Waals surface area contributed by atoms with Gasteiger partial charge in [-0.05, 0) is 63.9 Å². The van der Waals surface area contributed by atoms with Crippen molar-refractivity contribution in [3.8, 4) is 0 Å². The van der Waals surface area contributed by atoms with E-state index in [0.29, 0.717) is 18.6 Å². The molecule has 1 unspecified atom stereocenters. The summed E-state index contributed by atoms with van der Waals surface area (Å²) in [4.78, 5) is 40.2. The van der Waals surface area contributed by atoms with Crippen LogP contribution >= 0.6 is 23.4 Å². The number of amides is 2. The maximum Gasteiger partial charge on any atom is 0.418 e. The maximum atomic E-state index is 15.6. The fourth-order valence-corrected chi connectivity index (χ4v) is 7.25. The van der Waals surface area contributed by atoms with Gasteiger partial charge in [0.15, 0.2) is 11.0 Å². The standard InChI is InChI=1S/C30H38ClF2N5O4SSi/c1-28(2,3)42-27(40)38(17-41-10-11-44(5,6)7)26-37-29(4,23-14-30(23,43-26)25(34)39)19-12-18(8-9-20(19)32)13-21(33)22-15-36-24(31)16-35-22/h8-9,12-13,15-16,23H,10-11,14,17H2,1-7H3,(H2,34,39)/b21-13-/t23?,29-,30+/m1/s1. The molecule has 1 aliphatic carbocycles. The van der Waals surface area contributed by atoms with Crippen LogP contribution in [0.3, 0.4) is 0 Å². The minimum Gasteiger partial charge on any atom is -0.443 e. The lowest BCUT2D eigenvalue weighted by molar-refractivity contribution is -0.118. The van der Waals surface area contributed by atoms with Crippen molar-refractivity contribution in [2.24, 2.45) is 16.6 Å². The second-order valence-electron chi connectivity index (χ2n) is 13.4. The molecule has 0 saturated heterocycles. The van der Waals surface area contributed by atoms with Gasteiger partial charge in [0.1, 0.15) is 33.7 Å². The number of thioether (sulfide) groups is 1. The van der Waals surface area contributed by atoms with Crippen LogP contribution in [0.1, 0.15) is 50.9 Å². The highest BCUT2D eigenvalue weighted by Gasteiger charge is 2.71. The topological polar surface area (TPSA) is 120 Å². The molecule has 1 aromatic heterocycles. The van der Waals surface area contributed by atoms with E-state index in [9.17, 15) is 9.59 Å². The van der Waals surface area contributed by atoms with E-state index in [2.05, 4.69) is 29.6 Å². The number of nitrogens with two attached hydrogens (primary N) is 1. The van der Waals surface area contributed by atoms with Crippen LogP contribution in [0.15, 0.2) is 35.6 Å². The zero-order valence-electron chi connectivity index (χ0n) is 25.9. The normalized spacial score (nSPS) is 23.5. The van der Waals surface area contributed by atoms with Gasteiger partial charge in [-0.1, -0.05) is 49.1 Å². The van der Waals surface area contributed by atoms with Gasteiger partial charge in [0, 0.05) is 26.2 Å². The second kappa shape index (κ2) is 12.5. The third-order valence-electron chi connectivity index (χ3n) is 7.36. The van der Waals surface area contributed by atoms with Crippen LogP contribution in [-0.2, 0) is 19.8 Å². The van der Waals surface area contributed by atoms with E-state index >= 15 is 8.78 Å². The van der Waals surface area contributed by atoms with Crippen molar-refractivity contribution in [1.82, 2.24) is 14.9 Å². The minimum absolute atomic E-state index is 0.0436. The average Bonchev–Trinajstić information content (AvgIpc) is 3.66. The number of halogens is 3. The van der Waals surface area contributed by atoms with Crippen molar-refractivity contribution in [2.75, 3.05) is 13.3 Å². The van der Waals surface area contributed by atoms with Crippen molar-refractivity contribution < 1.29 is 27.8 Å². The van der Waals surface area contributed by atoms with Crippen molar-refractivity contribution in [1.29, 1.82) is 0 Å². The highest BCUT2D eigenvalue weighted by atomic mass is 35.5. The van der Waals surface area contributed by atoms with Crippen molar-refractivity contribution in [2.45, 2.75) is 75.7 Å². The number of amidine groups is 1. The van der Waals surface area contributed by atoms with Crippen LogP contribution in [-0.4, -0.2) is 63.8 Å². The first kappa shape index (κ1) is 34.0. The fourth-order valence-electron chi connectivity index (χ4n) is 4.87. The third kappa shape index (κ3) is 7.67. The minimum atomic E-state index is -1.42. The lowest BCUT2D eigenvalue weighted by Crippen LogP contribution is -2.48. The van der Waals surface area contributed by atoms with Gasteiger partial charge in [0.2, 0.25) is 5.91 Å². The number of aromatic nitrogens is 2. The summed E-state index contributed by atoms with van der Waals surface area (Å²) in [6.07, 6.45) is 3.20. The number of hydrogen-bond acceptors (Lipinski definition) is 8. The summed E-state index contributed by atoms with van der Waals surface area (Å²) in [6, 6.07) is 4.97. The van der Waals surface area contributed by atoms with Crippen LogP contribution < -0.4 is 5.73 Å². The van der Waals surface area contributed by atoms with E-state index in [1.807, 2.05) is 0 Å². The molecule has 44 heavy (non-hydrogen) atoms. The first-order chi connectivity index (χ1) is 20.3. The molecule has 1 aliphatic heterocycles. The molecule has 2 aliphatic rings. The van der Waals surface area contributed by atoms with Crippen LogP contribution in [0.4, 0.5) is 13.6 Å². The molecule has 0 radical (unpaired) electrons.